The number of aryl methyl sites for hydroxylation is 2. The largest absolute Gasteiger partial charge is 0.379 e. The second-order valence-corrected chi connectivity index (χ2v) is 30.1. The molecule has 24 heteroatoms. The molecular weight excluding hydrogens is 1320 g/mol. The van der Waals surface area contributed by atoms with Gasteiger partial charge in [-0.2, -0.15) is 0 Å². The Kier molecular flexibility index (Phi) is 33.1. The van der Waals surface area contributed by atoms with E-state index in [9.17, 15) is 47.9 Å². The van der Waals surface area contributed by atoms with Crippen molar-refractivity contribution >= 4 is 58.8 Å². The quantitative estimate of drug-likeness (QED) is 0.0267. The molecule has 4 saturated heterocycles. The van der Waals surface area contributed by atoms with Crippen molar-refractivity contribution in [3.8, 4) is 0 Å². The maximum absolute atomic E-state index is 14.1. The number of carbonyl (C=O) groups is 10. The lowest BCUT2D eigenvalue weighted by atomic mass is 9.93. The molecule has 10 atom stereocenters. The van der Waals surface area contributed by atoms with E-state index in [0.29, 0.717) is 117 Å². The third-order valence-electron chi connectivity index (χ3n) is 18.8. The average molecular weight is 1440 g/mol. The summed E-state index contributed by atoms with van der Waals surface area (Å²) in [6, 6.07) is 30.6. The van der Waals surface area contributed by atoms with Gasteiger partial charge in [-0.25, -0.2) is 0 Å². The zero-order valence-corrected chi connectivity index (χ0v) is 62.6. The lowest BCUT2D eigenvalue weighted by Crippen LogP contribution is -2.59. The minimum Gasteiger partial charge on any atom is -0.379 e. The molecule has 0 aromatic heterocycles. The SMILES string of the molecule is CC(C)C[C@H](NC(=O)[C@H](CCc1ccccc1)NC(=O)CN1CCOCC1)C(=O)N[C@@H](Cc1ccccc1)C(=O)N[C@@H](CC(C)C)C(=O)[C@@]1(C)CO1.CC(C)C[C@H](NC(=O)[C@H](CCc1ccccc1)NC(=O)CN1CCOCC1)C(=O)N[C@@H](Cc1ccccc1)C(=O)N[C@@H](CC(C)C)C(=O)[C@@]1(C)CO1. The highest BCUT2D eigenvalue weighted by Crippen LogP contribution is 2.31. The Morgan fingerprint density at radius 3 is 0.885 bits per heavy atom. The second kappa shape index (κ2) is 41.4. The Morgan fingerprint density at radius 1 is 0.346 bits per heavy atom. The summed E-state index contributed by atoms with van der Waals surface area (Å²) in [5.74, 6) is -3.67. The highest BCUT2D eigenvalue weighted by molar-refractivity contribution is 6.00. The van der Waals surface area contributed by atoms with Gasteiger partial charge in [0.25, 0.3) is 0 Å². The van der Waals surface area contributed by atoms with Crippen molar-refractivity contribution < 1.29 is 66.9 Å². The number of rotatable bonds is 40. The van der Waals surface area contributed by atoms with Crippen molar-refractivity contribution in [2.45, 2.75) is 193 Å². The summed E-state index contributed by atoms with van der Waals surface area (Å²) in [7, 11) is 0. The second-order valence-electron chi connectivity index (χ2n) is 30.1. The molecular formula is C80H114N10O14. The minimum absolute atomic E-state index is 0.0171. The molecule has 568 valence electrons. The fourth-order valence-corrected chi connectivity index (χ4v) is 12.7. The number of epoxide rings is 2. The number of benzene rings is 4. The molecule has 8 rings (SSSR count). The molecule has 0 spiro atoms. The van der Waals surface area contributed by atoms with Crippen LogP contribution in [0.1, 0.15) is 130 Å². The zero-order valence-electron chi connectivity index (χ0n) is 62.6. The number of nitrogens with zero attached hydrogens (tertiary/aromatic N) is 2. The molecule has 4 aliphatic heterocycles. The van der Waals surface area contributed by atoms with Crippen LogP contribution in [0.5, 0.6) is 0 Å². The van der Waals surface area contributed by atoms with Gasteiger partial charge in [0, 0.05) is 39.0 Å². The number of carbonyl (C=O) groups excluding carboxylic acids is 10. The van der Waals surface area contributed by atoms with Crippen molar-refractivity contribution in [3.63, 3.8) is 0 Å². The molecule has 8 N–H and O–H groups in total. The molecule has 24 nitrogen and oxygen atoms in total. The van der Waals surface area contributed by atoms with Crippen LogP contribution in [0.25, 0.3) is 0 Å². The average Bonchev–Trinajstić information content (AvgIpc) is 1.65. The van der Waals surface area contributed by atoms with Crippen LogP contribution in [0, 0.1) is 23.7 Å². The van der Waals surface area contributed by atoms with Gasteiger partial charge < -0.3 is 61.5 Å². The standard InChI is InChI=1S/2C40H57N5O7/c2*1-27(2)22-32(36(47)40(5)26-52-40)42-39(50)34(24-30-14-10-7-11-15-30)44-38(49)33(23-28(3)4)43-37(48)31(17-16-29-12-8-6-9-13-29)41-35(46)25-45-18-20-51-21-19-45/h2*6-15,27-28,31-34H,16-26H2,1-5H3,(H,41,46)(H,42,50)(H,43,48)(H,44,49)/t2*31-,32-,33-,34-,40+/m00/s1. The van der Waals surface area contributed by atoms with Gasteiger partial charge in [-0.15, -0.1) is 0 Å². The molecule has 8 amide bonds. The van der Waals surface area contributed by atoms with Gasteiger partial charge in [0.1, 0.15) is 47.5 Å². The predicted molar refractivity (Wildman–Crippen MR) is 396 cm³/mol. The molecule has 4 aromatic carbocycles. The summed E-state index contributed by atoms with van der Waals surface area (Å²) in [5.41, 5.74) is 1.83. The van der Waals surface area contributed by atoms with E-state index in [0.717, 1.165) is 22.3 Å². The molecule has 0 saturated carbocycles. The molecule has 0 bridgehead atoms. The Morgan fingerprint density at radius 2 is 0.596 bits per heavy atom. The van der Waals surface area contributed by atoms with Crippen LogP contribution >= 0.6 is 0 Å². The Hall–Kier alpha value is -8.26. The number of hydrogen-bond acceptors (Lipinski definition) is 16. The first-order valence-electron chi connectivity index (χ1n) is 37.2. The van der Waals surface area contributed by atoms with Gasteiger partial charge in [0.05, 0.1) is 64.8 Å². The summed E-state index contributed by atoms with van der Waals surface area (Å²) in [6.07, 6.45) is 3.52. The first kappa shape index (κ1) is 83.0. The first-order chi connectivity index (χ1) is 49.6. The van der Waals surface area contributed by atoms with Gasteiger partial charge in [0.15, 0.2) is 11.6 Å². The lowest BCUT2D eigenvalue weighted by Gasteiger charge is -2.29. The van der Waals surface area contributed by atoms with Gasteiger partial charge in [-0.1, -0.05) is 177 Å². The molecule has 104 heavy (non-hydrogen) atoms. The third kappa shape index (κ3) is 28.7. The van der Waals surface area contributed by atoms with E-state index in [1.807, 2.05) is 187 Å². The van der Waals surface area contributed by atoms with Crippen LogP contribution in [0.3, 0.4) is 0 Å². The highest BCUT2D eigenvalue weighted by Gasteiger charge is 2.51. The monoisotopic (exact) mass is 1440 g/mol. The summed E-state index contributed by atoms with van der Waals surface area (Å²) in [4.78, 5) is 141. The fraction of sp³-hybridized carbons (Fsp3) is 0.575. The van der Waals surface area contributed by atoms with Gasteiger partial charge in [0.2, 0.25) is 47.3 Å². The number of ketones is 2. The number of amides is 8. The van der Waals surface area contributed by atoms with Crippen molar-refractivity contribution in [2.24, 2.45) is 23.7 Å². The molecule has 0 aliphatic carbocycles. The third-order valence-corrected chi connectivity index (χ3v) is 18.8. The summed E-state index contributed by atoms with van der Waals surface area (Å²) >= 11 is 0. The number of nitrogens with one attached hydrogen (secondary N) is 8. The van der Waals surface area contributed by atoms with Crippen LogP contribution in [-0.4, -0.2) is 207 Å². The molecule has 0 unspecified atom stereocenters. The minimum atomic E-state index is -1.03. The number of ether oxygens (including phenoxy) is 4. The van der Waals surface area contributed by atoms with E-state index in [2.05, 4.69) is 42.5 Å². The highest BCUT2D eigenvalue weighted by atomic mass is 16.6. The van der Waals surface area contributed by atoms with E-state index in [4.69, 9.17) is 18.9 Å². The Bertz CT molecular complexity index is 3170. The van der Waals surface area contributed by atoms with E-state index < -0.39 is 95.0 Å². The maximum atomic E-state index is 14.1. The molecule has 4 aliphatic rings. The van der Waals surface area contributed by atoms with Crippen LogP contribution in [0.2, 0.25) is 0 Å². The van der Waals surface area contributed by atoms with Gasteiger partial charge in [-0.05, 0) is 111 Å². The van der Waals surface area contributed by atoms with Crippen LogP contribution in [0.15, 0.2) is 121 Å². The predicted octanol–water partition coefficient (Wildman–Crippen LogP) is 5.17. The Labute approximate surface area is 614 Å². The maximum Gasteiger partial charge on any atom is 0.243 e. The van der Waals surface area contributed by atoms with E-state index >= 15 is 0 Å². The summed E-state index contributed by atoms with van der Waals surface area (Å²) in [6.45, 7) is 24.7. The zero-order chi connectivity index (χ0) is 75.3. The van der Waals surface area contributed by atoms with E-state index in [1.165, 1.54) is 0 Å². The molecule has 0 radical (unpaired) electrons. The van der Waals surface area contributed by atoms with Crippen LogP contribution < -0.4 is 42.5 Å². The van der Waals surface area contributed by atoms with Crippen LogP contribution in [-0.2, 0) is 92.6 Å². The number of morpholine rings is 2. The van der Waals surface area contributed by atoms with Crippen molar-refractivity contribution in [2.75, 3.05) is 78.9 Å². The van der Waals surface area contributed by atoms with Gasteiger partial charge in [-0.3, -0.25) is 57.7 Å². The summed E-state index contributed by atoms with van der Waals surface area (Å²) < 4.78 is 21.6. The topological polar surface area (TPSA) is 317 Å². The molecule has 4 heterocycles. The molecule has 4 fully saturated rings. The van der Waals surface area contributed by atoms with Gasteiger partial charge >= 0.3 is 0 Å². The molecule has 4 aromatic rings. The van der Waals surface area contributed by atoms with E-state index in [-0.39, 0.29) is 73.0 Å². The normalized spacial score (nSPS) is 19.6. The summed E-state index contributed by atoms with van der Waals surface area (Å²) in [5, 5.41) is 23.3. The van der Waals surface area contributed by atoms with E-state index in [1.54, 1.807) is 13.8 Å². The van der Waals surface area contributed by atoms with Crippen molar-refractivity contribution in [3.05, 3.63) is 144 Å². The number of hydrogen-bond donors (Lipinski definition) is 8. The lowest BCUT2D eigenvalue weighted by molar-refractivity contribution is -0.135. The van der Waals surface area contributed by atoms with Crippen LogP contribution in [0.4, 0.5) is 0 Å². The van der Waals surface area contributed by atoms with Crippen molar-refractivity contribution in [1.29, 1.82) is 0 Å². The smallest absolute Gasteiger partial charge is 0.243 e. The first-order valence-corrected chi connectivity index (χ1v) is 37.2. The number of Topliss-reactive ketones (excluding diaryl/α,β-unsaturated/α-hetero) is 2. The van der Waals surface area contributed by atoms with Crippen molar-refractivity contribution in [1.82, 2.24) is 52.3 Å². The fourth-order valence-electron chi connectivity index (χ4n) is 12.7. The Balaban J connectivity index is 0.000000291.